The number of halogens is 1. The highest BCUT2D eigenvalue weighted by molar-refractivity contribution is 9.10. The average Bonchev–Trinajstić information content (AvgIpc) is 2.26. The third-order valence-electron chi connectivity index (χ3n) is 3.02. The van der Waals surface area contributed by atoms with Gasteiger partial charge in [-0.1, -0.05) is 0 Å². The molecule has 0 spiro atoms. The smallest absolute Gasteiger partial charge is 0.241 e. The molecule has 0 atom stereocenters. The topological polar surface area (TPSA) is 92.4 Å². The number of hydrogen-bond donors (Lipinski definition) is 3. The van der Waals surface area contributed by atoms with Gasteiger partial charge >= 0.3 is 0 Å². The predicted molar refractivity (Wildman–Crippen MR) is 72.5 cm³/mol. The first-order valence-corrected chi connectivity index (χ1v) is 7.89. The Morgan fingerprint density at radius 1 is 1.44 bits per heavy atom. The van der Waals surface area contributed by atoms with Crippen LogP contribution in [0.25, 0.3) is 0 Å². The van der Waals surface area contributed by atoms with Gasteiger partial charge < -0.3 is 10.8 Å². The second kappa shape index (κ2) is 5.16. The minimum absolute atomic E-state index is 0.141. The fourth-order valence-electron chi connectivity index (χ4n) is 1.90. The Hall–Kier alpha value is -0.630. The molecule has 100 valence electrons. The van der Waals surface area contributed by atoms with Crippen molar-refractivity contribution in [3.63, 3.8) is 0 Å². The summed E-state index contributed by atoms with van der Waals surface area (Å²) in [6.45, 7) is 0.348. The van der Waals surface area contributed by atoms with E-state index in [-0.39, 0.29) is 16.9 Å². The van der Waals surface area contributed by atoms with E-state index in [0.717, 1.165) is 0 Å². The van der Waals surface area contributed by atoms with E-state index in [1.165, 1.54) is 6.07 Å². The van der Waals surface area contributed by atoms with E-state index in [1.54, 1.807) is 12.1 Å². The molecule has 1 aliphatic carbocycles. The predicted octanol–water partition coefficient (Wildman–Crippen LogP) is 1.08. The van der Waals surface area contributed by atoms with Crippen LogP contribution in [0.5, 0.6) is 0 Å². The van der Waals surface area contributed by atoms with Gasteiger partial charge in [-0.05, 0) is 52.9 Å². The first-order chi connectivity index (χ1) is 8.38. The van der Waals surface area contributed by atoms with Crippen molar-refractivity contribution >= 4 is 31.6 Å². The molecule has 0 heterocycles. The number of benzene rings is 1. The van der Waals surface area contributed by atoms with E-state index in [2.05, 4.69) is 20.7 Å². The third-order valence-corrected chi connectivity index (χ3v) is 5.44. The van der Waals surface area contributed by atoms with Crippen LogP contribution in [0.15, 0.2) is 27.6 Å². The molecule has 0 radical (unpaired) electrons. The molecule has 0 bridgehead atoms. The average molecular weight is 335 g/mol. The summed E-state index contributed by atoms with van der Waals surface area (Å²) >= 11 is 3.20. The maximum atomic E-state index is 12.1. The lowest BCUT2D eigenvalue weighted by atomic mass is 9.83. The van der Waals surface area contributed by atoms with Gasteiger partial charge in [0.05, 0.1) is 11.0 Å². The molecule has 7 heteroatoms. The second-order valence-corrected chi connectivity index (χ2v) is 7.12. The molecule has 1 saturated carbocycles. The van der Waals surface area contributed by atoms with Crippen molar-refractivity contribution in [1.29, 1.82) is 0 Å². The van der Waals surface area contributed by atoms with Crippen LogP contribution in [0, 0.1) is 5.92 Å². The fourth-order valence-corrected chi connectivity index (χ4v) is 4.01. The van der Waals surface area contributed by atoms with Crippen LogP contribution in [0.1, 0.15) is 12.8 Å². The molecule has 5 nitrogen and oxygen atoms in total. The Kier molecular flexibility index (Phi) is 3.96. The fraction of sp³-hybridized carbons (Fsp3) is 0.455. The van der Waals surface area contributed by atoms with Gasteiger partial charge in [-0.25, -0.2) is 13.1 Å². The van der Waals surface area contributed by atoms with E-state index in [1.807, 2.05) is 0 Å². The molecular weight excluding hydrogens is 320 g/mol. The first kappa shape index (κ1) is 13.8. The van der Waals surface area contributed by atoms with Crippen LogP contribution in [0.4, 0.5) is 5.69 Å². The van der Waals surface area contributed by atoms with Crippen LogP contribution >= 0.6 is 15.9 Å². The Morgan fingerprint density at radius 3 is 2.72 bits per heavy atom. The van der Waals surface area contributed by atoms with Gasteiger partial charge in [0.1, 0.15) is 0 Å². The van der Waals surface area contributed by atoms with Crippen molar-refractivity contribution in [3.8, 4) is 0 Å². The molecule has 0 saturated heterocycles. The van der Waals surface area contributed by atoms with Crippen molar-refractivity contribution in [2.75, 3.05) is 12.3 Å². The van der Waals surface area contributed by atoms with Crippen LogP contribution < -0.4 is 10.5 Å². The molecule has 4 N–H and O–H groups in total. The summed E-state index contributed by atoms with van der Waals surface area (Å²) < 4.78 is 27.2. The lowest BCUT2D eigenvalue weighted by Crippen LogP contribution is -2.38. The number of aliphatic hydroxyl groups excluding tert-OH is 1. The normalized spacial score (nSPS) is 23.7. The zero-order valence-corrected chi connectivity index (χ0v) is 12.0. The van der Waals surface area contributed by atoms with Gasteiger partial charge in [0.2, 0.25) is 10.0 Å². The molecule has 1 aliphatic rings. The molecule has 1 fully saturated rings. The number of nitrogens with two attached hydrogens (primary N) is 1. The second-order valence-electron chi connectivity index (χ2n) is 4.53. The number of nitrogens with one attached hydrogen (secondary N) is 1. The number of hydrogen-bond acceptors (Lipinski definition) is 4. The van der Waals surface area contributed by atoms with Crippen molar-refractivity contribution in [3.05, 3.63) is 22.7 Å². The number of aliphatic hydroxyl groups is 1. The molecule has 0 aromatic heterocycles. The van der Waals surface area contributed by atoms with Crippen molar-refractivity contribution in [2.45, 2.75) is 23.8 Å². The Balaban J connectivity index is 2.08. The standard InChI is InChI=1S/C11H15BrN2O3S/c12-10-2-1-8(13)5-11(10)18(16,17)14-6-7-3-9(15)4-7/h1-2,5,7,9,14-15H,3-4,6,13H2. The number of sulfonamides is 1. The monoisotopic (exact) mass is 334 g/mol. The number of rotatable bonds is 4. The molecular formula is C11H15BrN2O3S. The molecule has 0 unspecified atom stereocenters. The van der Waals surface area contributed by atoms with Gasteiger partial charge in [0.25, 0.3) is 0 Å². The Bertz CT molecular complexity index is 541. The van der Waals surface area contributed by atoms with Gasteiger partial charge in [-0.2, -0.15) is 0 Å². The van der Waals surface area contributed by atoms with E-state index in [4.69, 9.17) is 10.8 Å². The van der Waals surface area contributed by atoms with Crippen LogP contribution in [0.2, 0.25) is 0 Å². The SMILES string of the molecule is Nc1ccc(Br)c(S(=O)(=O)NCC2CC(O)C2)c1. The maximum absolute atomic E-state index is 12.1. The number of nitrogen functional groups attached to an aromatic ring is 1. The number of anilines is 1. The Labute approximate surface area is 115 Å². The zero-order valence-electron chi connectivity index (χ0n) is 9.64. The van der Waals surface area contributed by atoms with E-state index in [9.17, 15) is 8.42 Å². The Morgan fingerprint density at radius 2 is 2.11 bits per heavy atom. The highest BCUT2D eigenvalue weighted by atomic mass is 79.9. The van der Waals surface area contributed by atoms with Crippen molar-refractivity contribution < 1.29 is 13.5 Å². The van der Waals surface area contributed by atoms with Gasteiger partial charge in [0.15, 0.2) is 0 Å². The summed E-state index contributed by atoms with van der Waals surface area (Å²) in [6.07, 6.45) is 1.03. The summed E-state index contributed by atoms with van der Waals surface area (Å²) in [5, 5.41) is 9.14. The van der Waals surface area contributed by atoms with E-state index < -0.39 is 10.0 Å². The zero-order chi connectivity index (χ0) is 13.3. The molecule has 1 aromatic carbocycles. The minimum atomic E-state index is -3.56. The summed E-state index contributed by atoms with van der Waals surface area (Å²) in [6, 6.07) is 4.66. The minimum Gasteiger partial charge on any atom is -0.399 e. The van der Waals surface area contributed by atoms with E-state index >= 15 is 0 Å². The van der Waals surface area contributed by atoms with E-state index in [0.29, 0.717) is 29.5 Å². The highest BCUT2D eigenvalue weighted by Gasteiger charge is 2.28. The van der Waals surface area contributed by atoms with Crippen molar-refractivity contribution in [1.82, 2.24) is 4.72 Å². The lowest BCUT2D eigenvalue weighted by molar-refractivity contribution is 0.0453. The summed E-state index contributed by atoms with van der Waals surface area (Å²) in [5.41, 5.74) is 5.99. The lowest BCUT2D eigenvalue weighted by Gasteiger charge is -2.31. The molecule has 18 heavy (non-hydrogen) atoms. The largest absolute Gasteiger partial charge is 0.399 e. The summed E-state index contributed by atoms with van der Waals surface area (Å²) in [7, 11) is -3.56. The van der Waals surface area contributed by atoms with Crippen molar-refractivity contribution in [2.24, 2.45) is 5.92 Å². The third kappa shape index (κ3) is 3.03. The van der Waals surface area contributed by atoms with Gasteiger partial charge in [-0.3, -0.25) is 0 Å². The summed E-state index contributed by atoms with van der Waals surface area (Å²) in [4.78, 5) is 0.141. The maximum Gasteiger partial charge on any atom is 0.241 e. The molecule has 2 rings (SSSR count). The van der Waals surface area contributed by atoms with Gasteiger partial charge in [-0.15, -0.1) is 0 Å². The quantitative estimate of drug-likeness (QED) is 0.718. The van der Waals surface area contributed by atoms with Crippen LogP contribution in [-0.2, 0) is 10.0 Å². The van der Waals surface area contributed by atoms with Crippen LogP contribution in [-0.4, -0.2) is 26.2 Å². The highest BCUT2D eigenvalue weighted by Crippen LogP contribution is 2.28. The molecule has 1 aromatic rings. The first-order valence-electron chi connectivity index (χ1n) is 5.61. The van der Waals surface area contributed by atoms with Crippen LogP contribution in [0.3, 0.4) is 0 Å². The molecule has 0 amide bonds. The van der Waals surface area contributed by atoms with Gasteiger partial charge in [0, 0.05) is 16.7 Å². The molecule has 0 aliphatic heterocycles. The summed E-state index contributed by atoms with van der Waals surface area (Å²) in [5.74, 6) is 0.217.